The van der Waals surface area contributed by atoms with Crippen LogP contribution in [-0.2, 0) is 0 Å². The summed E-state index contributed by atoms with van der Waals surface area (Å²) in [6.45, 7) is 5.21. The van der Waals surface area contributed by atoms with E-state index in [1.54, 1.807) is 0 Å². The molecule has 1 N–H and O–H groups in total. The van der Waals surface area contributed by atoms with Gasteiger partial charge in [-0.1, -0.05) is 24.3 Å². The quantitative estimate of drug-likeness (QED) is 0.542. The second kappa shape index (κ2) is 7.39. The maximum atomic E-state index is 6.37. The highest BCUT2D eigenvalue weighted by atomic mass is 16.6. The average molecular weight is 412 g/mol. The van der Waals surface area contributed by atoms with Gasteiger partial charge < -0.3 is 14.5 Å². The summed E-state index contributed by atoms with van der Waals surface area (Å²) in [5, 5.41) is 2.21. The summed E-state index contributed by atoms with van der Waals surface area (Å²) in [7, 11) is 0. The minimum absolute atomic E-state index is 0.0116. The van der Waals surface area contributed by atoms with Crippen molar-refractivity contribution in [3.05, 3.63) is 66.3 Å². The normalized spacial score (nSPS) is 19.0. The van der Waals surface area contributed by atoms with Crippen molar-refractivity contribution in [2.45, 2.75) is 19.4 Å². The monoisotopic (exact) mass is 412 g/mol. The molecule has 0 fully saturated rings. The van der Waals surface area contributed by atoms with E-state index >= 15 is 0 Å². The third-order valence-electron chi connectivity index (χ3n) is 6.20. The lowest BCUT2D eigenvalue weighted by Crippen LogP contribution is -2.42. The molecule has 6 heteroatoms. The molecule has 0 saturated heterocycles. The summed E-state index contributed by atoms with van der Waals surface area (Å²) in [4.78, 5) is 14.7. The fourth-order valence-electron chi connectivity index (χ4n) is 4.61. The Balaban J connectivity index is 1.17. The SMILES string of the molecule is Cc1ncc2c3c(ccc2n1)OC[C@H](CN1CC=C(c2c[nH]c4ccccc24)CC1)O3. The molecule has 2 aliphatic rings. The Bertz CT molecular complexity index is 1310. The van der Waals surface area contributed by atoms with Crippen LogP contribution < -0.4 is 9.47 Å². The molecule has 31 heavy (non-hydrogen) atoms. The van der Waals surface area contributed by atoms with Gasteiger partial charge >= 0.3 is 0 Å². The van der Waals surface area contributed by atoms with Crippen molar-refractivity contribution >= 4 is 27.4 Å². The molecule has 2 aromatic carbocycles. The van der Waals surface area contributed by atoms with E-state index in [1.807, 2.05) is 25.3 Å². The first kappa shape index (κ1) is 18.4. The van der Waals surface area contributed by atoms with Gasteiger partial charge in [-0.2, -0.15) is 0 Å². The van der Waals surface area contributed by atoms with Crippen LogP contribution in [-0.4, -0.2) is 52.2 Å². The first-order valence-electron chi connectivity index (χ1n) is 10.8. The van der Waals surface area contributed by atoms with Crippen LogP contribution in [0, 0.1) is 6.92 Å². The third-order valence-corrected chi connectivity index (χ3v) is 6.20. The molecule has 0 unspecified atom stereocenters. The van der Waals surface area contributed by atoms with Crippen molar-refractivity contribution in [3.8, 4) is 11.5 Å². The molecule has 156 valence electrons. The zero-order valence-electron chi connectivity index (χ0n) is 17.5. The standard InChI is InChI=1S/C25H24N4O2/c1-16-26-13-21-23(28-16)6-7-24-25(21)31-18(15-30-24)14-29-10-8-17(9-11-29)20-12-27-22-5-3-2-4-19(20)22/h2-8,12-13,18,27H,9-11,14-15H2,1H3/t18-/m0/s1. The van der Waals surface area contributed by atoms with Gasteiger partial charge in [-0.3, -0.25) is 4.90 Å². The smallest absolute Gasteiger partial charge is 0.172 e. The predicted octanol–water partition coefficient (Wildman–Crippen LogP) is 4.35. The van der Waals surface area contributed by atoms with E-state index in [0.717, 1.165) is 54.3 Å². The Hall–Kier alpha value is -3.38. The van der Waals surface area contributed by atoms with Crippen LogP contribution in [0.4, 0.5) is 0 Å². The van der Waals surface area contributed by atoms with Crippen molar-refractivity contribution in [2.75, 3.05) is 26.2 Å². The first-order chi connectivity index (χ1) is 15.2. The number of aromatic nitrogens is 3. The molecule has 4 heterocycles. The zero-order chi connectivity index (χ0) is 20.8. The summed E-state index contributed by atoms with van der Waals surface area (Å²) in [6, 6.07) is 12.4. The minimum Gasteiger partial charge on any atom is -0.486 e. The second-order valence-corrected chi connectivity index (χ2v) is 8.28. The Labute approximate surface area is 180 Å². The second-order valence-electron chi connectivity index (χ2n) is 8.28. The molecule has 4 aromatic rings. The average Bonchev–Trinajstić information content (AvgIpc) is 3.23. The van der Waals surface area contributed by atoms with Gasteiger partial charge in [-0.15, -0.1) is 0 Å². The molecule has 0 spiro atoms. The van der Waals surface area contributed by atoms with Gasteiger partial charge in [0.25, 0.3) is 0 Å². The first-order valence-corrected chi connectivity index (χ1v) is 10.8. The Morgan fingerprint density at radius 1 is 1.16 bits per heavy atom. The van der Waals surface area contributed by atoms with Crippen LogP contribution in [0.5, 0.6) is 11.5 Å². The van der Waals surface area contributed by atoms with Crippen molar-refractivity contribution in [1.82, 2.24) is 19.9 Å². The van der Waals surface area contributed by atoms with Crippen molar-refractivity contribution < 1.29 is 9.47 Å². The number of hydrogen-bond acceptors (Lipinski definition) is 5. The van der Waals surface area contributed by atoms with E-state index in [0.29, 0.717) is 6.61 Å². The Kier molecular flexibility index (Phi) is 4.39. The minimum atomic E-state index is -0.0116. The summed E-state index contributed by atoms with van der Waals surface area (Å²) in [6.07, 6.45) is 7.34. The third kappa shape index (κ3) is 3.33. The highest BCUT2D eigenvalue weighted by Gasteiger charge is 2.26. The number of rotatable bonds is 3. The lowest BCUT2D eigenvalue weighted by molar-refractivity contribution is 0.0632. The molecule has 2 aromatic heterocycles. The van der Waals surface area contributed by atoms with Crippen LogP contribution >= 0.6 is 0 Å². The number of hydrogen-bond donors (Lipinski definition) is 1. The summed E-state index contributed by atoms with van der Waals surface area (Å²) < 4.78 is 12.4. The largest absolute Gasteiger partial charge is 0.486 e. The maximum absolute atomic E-state index is 6.37. The summed E-state index contributed by atoms with van der Waals surface area (Å²) >= 11 is 0. The fourth-order valence-corrected chi connectivity index (χ4v) is 4.61. The van der Waals surface area contributed by atoms with Gasteiger partial charge in [-0.25, -0.2) is 9.97 Å². The molecule has 0 bridgehead atoms. The number of fused-ring (bicyclic) bond motifs is 4. The van der Waals surface area contributed by atoms with Gasteiger partial charge in [0.15, 0.2) is 11.5 Å². The van der Waals surface area contributed by atoms with Gasteiger partial charge in [0.2, 0.25) is 0 Å². The molecular weight excluding hydrogens is 388 g/mol. The molecular formula is C25H24N4O2. The van der Waals surface area contributed by atoms with E-state index in [-0.39, 0.29) is 6.10 Å². The number of aryl methyl sites for hydroxylation is 1. The highest BCUT2D eigenvalue weighted by molar-refractivity contribution is 5.92. The van der Waals surface area contributed by atoms with Gasteiger partial charge in [-0.05, 0) is 37.1 Å². The van der Waals surface area contributed by atoms with E-state index < -0.39 is 0 Å². The summed E-state index contributed by atoms with van der Waals surface area (Å²) in [5.74, 6) is 2.30. The Morgan fingerprint density at radius 2 is 2.10 bits per heavy atom. The van der Waals surface area contributed by atoms with E-state index in [4.69, 9.17) is 9.47 Å². The van der Waals surface area contributed by atoms with E-state index in [9.17, 15) is 0 Å². The van der Waals surface area contributed by atoms with E-state index in [1.165, 1.54) is 22.0 Å². The van der Waals surface area contributed by atoms with Crippen LogP contribution in [0.25, 0.3) is 27.4 Å². The molecule has 0 aliphatic carbocycles. The van der Waals surface area contributed by atoms with Crippen LogP contribution in [0.2, 0.25) is 0 Å². The van der Waals surface area contributed by atoms with Crippen molar-refractivity contribution in [3.63, 3.8) is 0 Å². The molecule has 0 radical (unpaired) electrons. The van der Waals surface area contributed by atoms with Crippen LogP contribution in [0.15, 0.2) is 54.9 Å². The molecule has 0 amide bonds. The molecule has 0 saturated carbocycles. The number of nitrogens with one attached hydrogen (secondary N) is 1. The highest BCUT2D eigenvalue weighted by Crippen LogP contribution is 2.38. The number of H-pyrrole nitrogens is 1. The lowest BCUT2D eigenvalue weighted by atomic mass is 9.99. The fraction of sp³-hybridized carbons (Fsp3) is 0.280. The Morgan fingerprint density at radius 3 is 3.00 bits per heavy atom. The summed E-state index contributed by atoms with van der Waals surface area (Å²) in [5.41, 5.74) is 4.82. The molecule has 2 aliphatic heterocycles. The molecule has 6 nitrogen and oxygen atoms in total. The van der Waals surface area contributed by atoms with Gasteiger partial charge in [0.05, 0.1) is 10.9 Å². The lowest BCUT2D eigenvalue weighted by Gasteiger charge is -2.33. The predicted molar refractivity (Wildman–Crippen MR) is 122 cm³/mol. The van der Waals surface area contributed by atoms with Crippen molar-refractivity contribution in [1.29, 1.82) is 0 Å². The van der Waals surface area contributed by atoms with Gasteiger partial charge in [0.1, 0.15) is 18.5 Å². The molecule has 1 atom stereocenters. The van der Waals surface area contributed by atoms with Gasteiger partial charge in [0, 0.05) is 48.5 Å². The number of ether oxygens (including phenoxy) is 2. The number of nitrogens with zero attached hydrogens (tertiary/aromatic N) is 3. The number of benzene rings is 2. The number of para-hydroxylation sites is 1. The zero-order valence-corrected chi connectivity index (χ0v) is 17.5. The van der Waals surface area contributed by atoms with Crippen LogP contribution in [0.3, 0.4) is 0 Å². The van der Waals surface area contributed by atoms with Crippen LogP contribution in [0.1, 0.15) is 17.8 Å². The van der Waals surface area contributed by atoms with E-state index in [2.05, 4.69) is 56.4 Å². The number of aromatic amines is 1. The van der Waals surface area contributed by atoms with Crippen molar-refractivity contribution in [2.24, 2.45) is 0 Å². The maximum Gasteiger partial charge on any atom is 0.172 e. The molecule has 6 rings (SSSR count). The topological polar surface area (TPSA) is 63.3 Å².